The van der Waals surface area contributed by atoms with E-state index in [1.54, 1.807) is 6.07 Å². The number of aliphatic hydroxyl groups is 1. The Morgan fingerprint density at radius 3 is 2.80 bits per heavy atom. The predicted octanol–water partition coefficient (Wildman–Crippen LogP) is 0.595. The first-order valence-electron chi connectivity index (χ1n) is 4.29. The molecule has 0 radical (unpaired) electrons. The van der Waals surface area contributed by atoms with Crippen molar-refractivity contribution in [2.75, 3.05) is 13.7 Å². The van der Waals surface area contributed by atoms with Crippen LogP contribution in [0.2, 0.25) is 0 Å². The lowest BCUT2D eigenvalue weighted by Crippen LogP contribution is -2.16. The Morgan fingerprint density at radius 1 is 1.67 bits per heavy atom. The van der Waals surface area contributed by atoms with E-state index in [1.165, 1.54) is 19.2 Å². The van der Waals surface area contributed by atoms with Crippen molar-refractivity contribution in [2.45, 2.75) is 6.04 Å². The lowest BCUT2D eigenvalue weighted by Gasteiger charge is -2.09. The molecular formula is C9H12N2O4. The number of hydrogen-bond acceptors (Lipinski definition) is 5. The van der Waals surface area contributed by atoms with Crippen LogP contribution in [0.25, 0.3) is 0 Å². The molecule has 1 rings (SSSR count). The van der Waals surface area contributed by atoms with Crippen molar-refractivity contribution in [2.24, 2.45) is 5.73 Å². The number of hydrogen-bond donors (Lipinski definition) is 2. The second-order valence-corrected chi connectivity index (χ2v) is 2.97. The maximum absolute atomic E-state index is 10.7. The Morgan fingerprint density at radius 2 is 2.33 bits per heavy atom. The summed E-state index contributed by atoms with van der Waals surface area (Å²) in [5, 5.41) is 19.6. The van der Waals surface area contributed by atoms with Crippen LogP contribution in [-0.2, 0) is 0 Å². The van der Waals surface area contributed by atoms with Crippen LogP contribution < -0.4 is 10.5 Å². The van der Waals surface area contributed by atoms with Gasteiger partial charge < -0.3 is 15.6 Å². The Balaban J connectivity index is 3.21. The highest BCUT2D eigenvalue weighted by Gasteiger charge is 2.19. The SMILES string of the molecule is COc1ccc(C(N)CO)c([N+](=O)[O-])c1. The third kappa shape index (κ3) is 2.42. The van der Waals surface area contributed by atoms with Gasteiger partial charge in [0.05, 0.1) is 30.7 Å². The van der Waals surface area contributed by atoms with Crippen molar-refractivity contribution in [3.8, 4) is 5.75 Å². The topological polar surface area (TPSA) is 98.6 Å². The maximum Gasteiger partial charge on any atom is 0.277 e. The molecule has 15 heavy (non-hydrogen) atoms. The first kappa shape index (κ1) is 11.4. The molecule has 0 aliphatic heterocycles. The summed E-state index contributed by atoms with van der Waals surface area (Å²) in [5.74, 6) is 0.385. The van der Waals surface area contributed by atoms with Crippen molar-refractivity contribution in [1.29, 1.82) is 0 Å². The quantitative estimate of drug-likeness (QED) is 0.562. The molecule has 82 valence electrons. The number of nitrogens with zero attached hydrogens (tertiary/aromatic N) is 1. The molecule has 1 unspecified atom stereocenters. The lowest BCUT2D eigenvalue weighted by molar-refractivity contribution is -0.385. The summed E-state index contributed by atoms with van der Waals surface area (Å²) in [5.41, 5.74) is 5.68. The Kier molecular flexibility index (Phi) is 3.59. The molecule has 1 aromatic carbocycles. The summed E-state index contributed by atoms with van der Waals surface area (Å²) in [7, 11) is 1.42. The summed E-state index contributed by atoms with van der Waals surface area (Å²) < 4.78 is 4.87. The van der Waals surface area contributed by atoms with Gasteiger partial charge >= 0.3 is 0 Å². The van der Waals surface area contributed by atoms with Crippen molar-refractivity contribution >= 4 is 5.69 Å². The van der Waals surface area contributed by atoms with Gasteiger partial charge in [0.2, 0.25) is 0 Å². The van der Waals surface area contributed by atoms with E-state index < -0.39 is 11.0 Å². The summed E-state index contributed by atoms with van der Waals surface area (Å²) in [6.45, 7) is -0.340. The Bertz CT molecular complexity index is 367. The molecule has 0 saturated heterocycles. The number of ether oxygens (including phenoxy) is 1. The van der Waals surface area contributed by atoms with Gasteiger partial charge in [-0.25, -0.2) is 0 Å². The molecule has 0 aliphatic rings. The number of methoxy groups -OCH3 is 1. The number of aliphatic hydroxyl groups excluding tert-OH is 1. The number of rotatable bonds is 4. The molecule has 6 heteroatoms. The molecule has 0 amide bonds. The van der Waals surface area contributed by atoms with Gasteiger partial charge in [-0.3, -0.25) is 10.1 Å². The molecule has 6 nitrogen and oxygen atoms in total. The summed E-state index contributed by atoms with van der Waals surface area (Å²) in [6.07, 6.45) is 0. The van der Waals surface area contributed by atoms with E-state index in [9.17, 15) is 10.1 Å². The molecule has 0 aliphatic carbocycles. The largest absolute Gasteiger partial charge is 0.497 e. The number of nitro groups is 1. The molecule has 3 N–H and O–H groups in total. The molecule has 0 heterocycles. The summed E-state index contributed by atoms with van der Waals surface area (Å²) >= 11 is 0. The van der Waals surface area contributed by atoms with Gasteiger partial charge in [-0.05, 0) is 12.1 Å². The van der Waals surface area contributed by atoms with Gasteiger partial charge in [-0.2, -0.15) is 0 Å². The minimum atomic E-state index is -0.753. The number of nitrogens with two attached hydrogens (primary N) is 1. The van der Waals surface area contributed by atoms with E-state index in [2.05, 4.69) is 0 Å². The van der Waals surface area contributed by atoms with E-state index in [1.807, 2.05) is 0 Å². The van der Waals surface area contributed by atoms with Crippen molar-refractivity contribution < 1.29 is 14.8 Å². The van der Waals surface area contributed by atoms with Gasteiger partial charge in [0, 0.05) is 5.56 Å². The third-order valence-corrected chi connectivity index (χ3v) is 2.03. The maximum atomic E-state index is 10.7. The van der Waals surface area contributed by atoms with E-state index in [0.29, 0.717) is 11.3 Å². The number of benzene rings is 1. The predicted molar refractivity (Wildman–Crippen MR) is 53.7 cm³/mol. The Hall–Kier alpha value is -1.66. The molecular weight excluding hydrogens is 200 g/mol. The van der Waals surface area contributed by atoms with Gasteiger partial charge in [0.1, 0.15) is 5.75 Å². The van der Waals surface area contributed by atoms with E-state index >= 15 is 0 Å². The van der Waals surface area contributed by atoms with Crippen LogP contribution >= 0.6 is 0 Å². The van der Waals surface area contributed by atoms with Crippen LogP contribution in [0, 0.1) is 10.1 Å². The van der Waals surface area contributed by atoms with Crippen molar-refractivity contribution in [3.05, 3.63) is 33.9 Å². The zero-order chi connectivity index (χ0) is 11.4. The minimum absolute atomic E-state index is 0.143. The van der Waals surface area contributed by atoms with Crippen LogP contribution in [0.5, 0.6) is 5.75 Å². The molecule has 0 bridgehead atoms. The van der Waals surface area contributed by atoms with Crippen LogP contribution in [0.3, 0.4) is 0 Å². The third-order valence-electron chi connectivity index (χ3n) is 2.03. The minimum Gasteiger partial charge on any atom is -0.497 e. The van der Waals surface area contributed by atoms with Crippen LogP contribution in [0.1, 0.15) is 11.6 Å². The van der Waals surface area contributed by atoms with Crippen LogP contribution in [0.4, 0.5) is 5.69 Å². The van der Waals surface area contributed by atoms with Gasteiger partial charge in [-0.1, -0.05) is 0 Å². The Labute approximate surface area is 86.4 Å². The van der Waals surface area contributed by atoms with Gasteiger partial charge in [0.25, 0.3) is 5.69 Å². The second-order valence-electron chi connectivity index (χ2n) is 2.97. The lowest BCUT2D eigenvalue weighted by atomic mass is 10.1. The normalized spacial score (nSPS) is 12.2. The highest BCUT2D eigenvalue weighted by molar-refractivity contribution is 5.47. The summed E-state index contributed by atoms with van der Waals surface area (Å²) in [6, 6.07) is 3.58. The van der Waals surface area contributed by atoms with E-state index in [-0.39, 0.29) is 12.3 Å². The zero-order valence-electron chi connectivity index (χ0n) is 8.21. The van der Waals surface area contributed by atoms with Crippen LogP contribution in [-0.4, -0.2) is 23.7 Å². The van der Waals surface area contributed by atoms with Crippen molar-refractivity contribution in [3.63, 3.8) is 0 Å². The van der Waals surface area contributed by atoms with Gasteiger partial charge in [0.15, 0.2) is 0 Å². The molecule has 0 fully saturated rings. The van der Waals surface area contributed by atoms with Crippen molar-refractivity contribution in [1.82, 2.24) is 0 Å². The average molecular weight is 212 g/mol. The van der Waals surface area contributed by atoms with E-state index in [4.69, 9.17) is 15.6 Å². The monoisotopic (exact) mass is 212 g/mol. The summed E-state index contributed by atoms with van der Waals surface area (Å²) in [4.78, 5) is 10.2. The molecule has 1 atom stereocenters. The molecule has 0 spiro atoms. The van der Waals surface area contributed by atoms with E-state index in [0.717, 1.165) is 0 Å². The molecule has 0 saturated carbocycles. The average Bonchev–Trinajstić information content (AvgIpc) is 2.27. The fraction of sp³-hybridized carbons (Fsp3) is 0.333. The highest BCUT2D eigenvalue weighted by atomic mass is 16.6. The highest BCUT2D eigenvalue weighted by Crippen LogP contribution is 2.27. The van der Waals surface area contributed by atoms with Crippen LogP contribution in [0.15, 0.2) is 18.2 Å². The fourth-order valence-corrected chi connectivity index (χ4v) is 1.22. The smallest absolute Gasteiger partial charge is 0.277 e. The first-order valence-corrected chi connectivity index (χ1v) is 4.29. The second kappa shape index (κ2) is 4.72. The molecule has 1 aromatic rings. The van der Waals surface area contributed by atoms with Gasteiger partial charge in [-0.15, -0.1) is 0 Å². The standard InChI is InChI=1S/C9H12N2O4/c1-15-6-2-3-7(8(10)5-12)9(4-6)11(13)14/h2-4,8,12H,5,10H2,1H3. The molecule has 0 aromatic heterocycles. The first-order chi connectivity index (χ1) is 7.10. The fourth-order valence-electron chi connectivity index (χ4n) is 1.22. The zero-order valence-corrected chi connectivity index (χ0v) is 8.21. The number of nitro benzene ring substituents is 1.